The van der Waals surface area contributed by atoms with Crippen molar-refractivity contribution in [3.05, 3.63) is 60.7 Å². The number of benzene rings is 2. The van der Waals surface area contributed by atoms with Crippen molar-refractivity contribution in [3.63, 3.8) is 0 Å². The van der Waals surface area contributed by atoms with Crippen LogP contribution in [0.2, 0.25) is 0 Å². The van der Waals surface area contributed by atoms with E-state index in [1.54, 1.807) is 0 Å². The van der Waals surface area contributed by atoms with E-state index in [-0.39, 0.29) is 12.1 Å². The van der Waals surface area contributed by atoms with Crippen LogP contribution < -0.4 is 15.5 Å². The van der Waals surface area contributed by atoms with E-state index < -0.39 is 0 Å². The van der Waals surface area contributed by atoms with Crippen LogP contribution in [0.25, 0.3) is 0 Å². The number of urea groups is 1. The Morgan fingerprint density at radius 3 is 2.38 bits per heavy atom. The molecule has 1 aliphatic heterocycles. The Morgan fingerprint density at radius 1 is 1.00 bits per heavy atom. The molecule has 1 atom stereocenters. The normalized spacial score (nSPS) is 17.5. The van der Waals surface area contributed by atoms with Crippen LogP contribution in [0.4, 0.5) is 16.2 Å². The van der Waals surface area contributed by atoms with E-state index in [1.165, 1.54) is 5.69 Å². The molecule has 2 aromatic rings. The molecular formula is C17H19N3O. The zero-order valence-corrected chi connectivity index (χ0v) is 11.8. The van der Waals surface area contributed by atoms with Gasteiger partial charge in [-0.15, -0.1) is 0 Å². The monoisotopic (exact) mass is 281 g/mol. The van der Waals surface area contributed by atoms with Crippen molar-refractivity contribution in [2.75, 3.05) is 23.3 Å². The first-order chi connectivity index (χ1) is 10.3. The molecule has 3 rings (SSSR count). The Bertz CT molecular complexity index is 585. The summed E-state index contributed by atoms with van der Waals surface area (Å²) in [6.45, 7) is 1.83. The van der Waals surface area contributed by atoms with Crippen molar-refractivity contribution in [1.29, 1.82) is 0 Å². The third kappa shape index (κ3) is 3.54. The minimum absolute atomic E-state index is 0.138. The summed E-state index contributed by atoms with van der Waals surface area (Å²) in [5.41, 5.74) is 2.03. The van der Waals surface area contributed by atoms with Crippen LogP contribution in [0.3, 0.4) is 0 Å². The van der Waals surface area contributed by atoms with Gasteiger partial charge >= 0.3 is 6.03 Å². The molecule has 21 heavy (non-hydrogen) atoms. The van der Waals surface area contributed by atoms with Crippen LogP contribution in [-0.2, 0) is 0 Å². The molecule has 0 aliphatic carbocycles. The fraction of sp³-hybridized carbons (Fsp3) is 0.235. The molecule has 2 aromatic carbocycles. The van der Waals surface area contributed by atoms with Crippen LogP contribution in [0.1, 0.15) is 6.42 Å². The molecule has 1 unspecified atom stereocenters. The lowest BCUT2D eigenvalue weighted by Crippen LogP contribution is -2.39. The summed E-state index contributed by atoms with van der Waals surface area (Å²) in [5.74, 6) is 0. The van der Waals surface area contributed by atoms with E-state index in [2.05, 4.69) is 27.7 Å². The summed E-state index contributed by atoms with van der Waals surface area (Å²) in [6.07, 6.45) is 0.969. The van der Waals surface area contributed by atoms with Gasteiger partial charge in [0.05, 0.1) is 0 Å². The summed E-state index contributed by atoms with van der Waals surface area (Å²) in [7, 11) is 0. The molecule has 0 saturated carbocycles. The second-order valence-electron chi connectivity index (χ2n) is 5.23. The van der Waals surface area contributed by atoms with Crippen molar-refractivity contribution in [2.24, 2.45) is 0 Å². The van der Waals surface area contributed by atoms with Gasteiger partial charge in [-0.2, -0.15) is 0 Å². The smallest absolute Gasteiger partial charge is 0.319 e. The molecule has 1 saturated heterocycles. The highest BCUT2D eigenvalue weighted by Gasteiger charge is 2.23. The average Bonchev–Trinajstić information content (AvgIpc) is 2.97. The van der Waals surface area contributed by atoms with Gasteiger partial charge in [0.25, 0.3) is 0 Å². The van der Waals surface area contributed by atoms with Crippen LogP contribution in [-0.4, -0.2) is 25.2 Å². The molecule has 0 aromatic heterocycles. The number of carbonyl (C=O) groups is 1. The zero-order valence-electron chi connectivity index (χ0n) is 11.8. The number of hydrogen-bond acceptors (Lipinski definition) is 2. The Labute approximate surface area is 124 Å². The number of anilines is 2. The third-order valence-corrected chi connectivity index (χ3v) is 3.68. The lowest BCUT2D eigenvalue weighted by molar-refractivity contribution is 0.249. The number of para-hydroxylation sites is 2. The van der Waals surface area contributed by atoms with Gasteiger partial charge in [-0.25, -0.2) is 4.79 Å². The van der Waals surface area contributed by atoms with Gasteiger partial charge in [0, 0.05) is 30.5 Å². The van der Waals surface area contributed by atoms with Crippen LogP contribution in [0.15, 0.2) is 60.7 Å². The van der Waals surface area contributed by atoms with Gasteiger partial charge in [-0.05, 0) is 30.7 Å². The van der Waals surface area contributed by atoms with E-state index in [1.807, 2.05) is 48.5 Å². The second kappa shape index (κ2) is 6.31. The fourth-order valence-electron chi connectivity index (χ4n) is 2.63. The third-order valence-electron chi connectivity index (χ3n) is 3.68. The first-order valence-corrected chi connectivity index (χ1v) is 7.24. The van der Waals surface area contributed by atoms with Crippen molar-refractivity contribution >= 4 is 17.4 Å². The Balaban J connectivity index is 1.52. The molecule has 4 nitrogen and oxygen atoms in total. The van der Waals surface area contributed by atoms with Crippen LogP contribution in [0.5, 0.6) is 0 Å². The van der Waals surface area contributed by atoms with Crippen molar-refractivity contribution < 1.29 is 4.79 Å². The highest BCUT2D eigenvalue weighted by atomic mass is 16.2. The lowest BCUT2D eigenvalue weighted by atomic mass is 10.2. The molecule has 0 bridgehead atoms. The maximum absolute atomic E-state index is 12.0. The molecule has 1 heterocycles. The van der Waals surface area contributed by atoms with Gasteiger partial charge in [0.2, 0.25) is 0 Å². The summed E-state index contributed by atoms with van der Waals surface area (Å²) in [4.78, 5) is 14.3. The van der Waals surface area contributed by atoms with E-state index in [9.17, 15) is 4.79 Å². The first kappa shape index (κ1) is 13.5. The van der Waals surface area contributed by atoms with Gasteiger partial charge in [-0.3, -0.25) is 0 Å². The van der Waals surface area contributed by atoms with Crippen LogP contribution in [0, 0.1) is 0 Å². The Morgan fingerprint density at radius 2 is 1.67 bits per heavy atom. The largest absolute Gasteiger partial charge is 0.369 e. The molecule has 4 heteroatoms. The second-order valence-corrected chi connectivity index (χ2v) is 5.23. The number of amides is 2. The Hall–Kier alpha value is -2.49. The van der Waals surface area contributed by atoms with Crippen molar-refractivity contribution in [2.45, 2.75) is 12.5 Å². The van der Waals surface area contributed by atoms with Gasteiger partial charge < -0.3 is 15.5 Å². The van der Waals surface area contributed by atoms with E-state index >= 15 is 0 Å². The minimum Gasteiger partial charge on any atom is -0.369 e. The van der Waals surface area contributed by atoms with Crippen LogP contribution >= 0.6 is 0 Å². The summed E-state index contributed by atoms with van der Waals surface area (Å²) in [5, 5.41) is 5.89. The predicted octanol–water partition coefficient (Wildman–Crippen LogP) is 3.09. The summed E-state index contributed by atoms with van der Waals surface area (Å²) >= 11 is 0. The van der Waals surface area contributed by atoms with Gasteiger partial charge in [0.15, 0.2) is 0 Å². The van der Waals surface area contributed by atoms with Crippen molar-refractivity contribution in [1.82, 2.24) is 5.32 Å². The maximum atomic E-state index is 12.0. The molecule has 1 aliphatic rings. The standard InChI is InChI=1S/C17H19N3O/c21-17(18-14-7-3-1-4-8-14)19-15-11-12-20(13-15)16-9-5-2-6-10-16/h1-10,15H,11-13H2,(H2,18,19,21). The SMILES string of the molecule is O=C(Nc1ccccc1)NC1CCN(c2ccccc2)C1. The molecule has 1 fully saturated rings. The molecular weight excluding hydrogens is 262 g/mol. The molecule has 0 spiro atoms. The number of carbonyl (C=O) groups excluding carboxylic acids is 1. The molecule has 108 valence electrons. The zero-order chi connectivity index (χ0) is 14.5. The molecule has 0 radical (unpaired) electrons. The highest BCUT2D eigenvalue weighted by Crippen LogP contribution is 2.19. The van der Waals surface area contributed by atoms with E-state index in [0.717, 1.165) is 25.2 Å². The number of hydrogen-bond donors (Lipinski definition) is 2. The Kier molecular flexibility index (Phi) is 4.05. The number of nitrogens with one attached hydrogen (secondary N) is 2. The topological polar surface area (TPSA) is 44.4 Å². The van der Waals surface area contributed by atoms with E-state index in [4.69, 9.17) is 0 Å². The predicted molar refractivity (Wildman–Crippen MR) is 85.7 cm³/mol. The molecule has 2 amide bonds. The lowest BCUT2D eigenvalue weighted by Gasteiger charge is -2.19. The number of nitrogens with zero attached hydrogens (tertiary/aromatic N) is 1. The average molecular weight is 281 g/mol. The molecule has 2 N–H and O–H groups in total. The quantitative estimate of drug-likeness (QED) is 0.908. The summed E-state index contributed by atoms with van der Waals surface area (Å²) in [6, 6.07) is 19.9. The number of rotatable bonds is 3. The minimum atomic E-state index is -0.138. The fourth-order valence-corrected chi connectivity index (χ4v) is 2.63. The van der Waals surface area contributed by atoms with Gasteiger partial charge in [-0.1, -0.05) is 36.4 Å². The summed E-state index contributed by atoms with van der Waals surface area (Å²) < 4.78 is 0. The highest BCUT2D eigenvalue weighted by molar-refractivity contribution is 5.89. The van der Waals surface area contributed by atoms with Crippen molar-refractivity contribution in [3.8, 4) is 0 Å². The van der Waals surface area contributed by atoms with Gasteiger partial charge in [0.1, 0.15) is 0 Å². The maximum Gasteiger partial charge on any atom is 0.319 e. The first-order valence-electron chi connectivity index (χ1n) is 7.24. The van der Waals surface area contributed by atoms with E-state index in [0.29, 0.717) is 0 Å².